The van der Waals surface area contributed by atoms with Crippen molar-refractivity contribution in [2.45, 2.75) is 19.9 Å². The van der Waals surface area contributed by atoms with E-state index in [-0.39, 0.29) is 76.2 Å². The summed E-state index contributed by atoms with van der Waals surface area (Å²) in [7, 11) is 0. The van der Waals surface area contributed by atoms with Crippen molar-refractivity contribution >= 4 is 28.8 Å². The summed E-state index contributed by atoms with van der Waals surface area (Å²) in [6.45, 7) is 3.63. The fourth-order valence-electron chi connectivity index (χ4n) is 2.63. The van der Waals surface area contributed by atoms with Crippen LogP contribution < -0.4 is 67.1 Å². The zero-order chi connectivity index (χ0) is 21.0. The van der Waals surface area contributed by atoms with Crippen LogP contribution in [0.3, 0.4) is 0 Å². The first kappa shape index (κ1) is 24.4. The number of carboxylic acids is 1. The Morgan fingerprint density at radius 3 is 2.70 bits per heavy atom. The normalized spacial score (nSPS) is 11.6. The van der Waals surface area contributed by atoms with Crippen molar-refractivity contribution < 1.29 is 79.6 Å². The molecule has 0 spiro atoms. The number of amides is 2. The number of benzene rings is 2. The summed E-state index contributed by atoms with van der Waals surface area (Å²) >= 11 is 0. The number of rotatable bonds is 7. The Labute approximate surface area is 214 Å². The van der Waals surface area contributed by atoms with Crippen molar-refractivity contribution in [3.05, 3.63) is 47.8 Å². The molecule has 3 rings (SSSR count). The number of carboxylic acid groups (broad SMARTS) is 1. The predicted octanol–water partition coefficient (Wildman–Crippen LogP) is -0.777. The quantitative estimate of drug-likeness (QED) is 0.467. The van der Waals surface area contributed by atoms with E-state index in [0.29, 0.717) is 16.7 Å². The Morgan fingerprint density at radius 1 is 1.27 bits per heavy atom. The van der Waals surface area contributed by atoms with Crippen LogP contribution in [-0.2, 0) is 9.53 Å². The van der Waals surface area contributed by atoms with E-state index >= 15 is 0 Å². The van der Waals surface area contributed by atoms with Crippen molar-refractivity contribution in [2.75, 3.05) is 18.5 Å². The molecule has 1 unspecified atom stereocenters. The summed E-state index contributed by atoms with van der Waals surface area (Å²) in [4.78, 5) is 27.4. The standard InChI is InChI=1S/C20H20FN3O5.K/c1-3-28-10-16(19(25)26)24-20(27)23-14-6-5-12(9-13(14)21)18-22-15-8-11(2)4-7-17(15)29-18;/h4-9,16H,3,10H2,1-2H3,(H,25,26)(H2,23,24,27);/q;+1/p-1. The van der Waals surface area contributed by atoms with Crippen molar-refractivity contribution in [2.24, 2.45) is 0 Å². The summed E-state index contributed by atoms with van der Waals surface area (Å²) in [6.07, 6.45) is 0. The molecule has 0 saturated heterocycles. The summed E-state index contributed by atoms with van der Waals surface area (Å²) in [5.41, 5.74) is 2.52. The SMILES string of the molecule is CCOCC(NC(=O)Nc1ccc(-c2nc3cc(C)ccc3o2)cc1F)C(=O)[O-].[K+]. The Hall–Kier alpha value is -1.82. The third kappa shape index (κ3) is 6.09. The fraction of sp³-hybridized carbons (Fsp3) is 0.250. The van der Waals surface area contributed by atoms with Gasteiger partial charge < -0.3 is 29.7 Å². The molecule has 30 heavy (non-hydrogen) atoms. The van der Waals surface area contributed by atoms with Crippen LogP contribution in [0.5, 0.6) is 0 Å². The molecule has 10 heteroatoms. The number of hydrogen-bond donors (Lipinski definition) is 2. The number of aliphatic carboxylic acids is 1. The Morgan fingerprint density at radius 2 is 2.03 bits per heavy atom. The Balaban J connectivity index is 0.00000320. The van der Waals surface area contributed by atoms with Gasteiger partial charge in [0.2, 0.25) is 5.89 Å². The van der Waals surface area contributed by atoms with Gasteiger partial charge in [-0.2, -0.15) is 0 Å². The molecule has 1 aromatic heterocycles. The fourth-order valence-corrected chi connectivity index (χ4v) is 2.63. The minimum atomic E-state index is -1.50. The molecule has 2 aromatic carbocycles. The molecule has 0 fully saturated rings. The van der Waals surface area contributed by atoms with Crippen LogP contribution in [0.1, 0.15) is 12.5 Å². The van der Waals surface area contributed by atoms with Crippen LogP contribution >= 0.6 is 0 Å². The average Bonchev–Trinajstić information content (AvgIpc) is 3.09. The van der Waals surface area contributed by atoms with Crippen molar-refractivity contribution in [3.63, 3.8) is 0 Å². The molecule has 0 aliphatic rings. The first-order valence-electron chi connectivity index (χ1n) is 8.90. The molecule has 0 radical (unpaired) electrons. The molecular formula is C20H19FKN3O5. The third-order valence-corrected chi connectivity index (χ3v) is 4.09. The van der Waals surface area contributed by atoms with Gasteiger partial charge in [0, 0.05) is 12.2 Å². The van der Waals surface area contributed by atoms with Gasteiger partial charge in [0.15, 0.2) is 5.58 Å². The molecule has 0 aliphatic heterocycles. The van der Waals surface area contributed by atoms with Crippen molar-refractivity contribution in [3.8, 4) is 11.5 Å². The molecule has 1 atom stereocenters. The molecule has 152 valence electrons. The Kier molecular flexibility index (Phi) is 8.95. The van der Waals surface area contributed by atoms with Gasteiger partial charge in [-0.1, -0.05) is 6.07 Å². The van der Waals surface area contributed by atoms with E-state index in [0.717, 1.165) is 5.56 Å². The maximum atomic E-state index is 14.4. The van der Waals surface area contributed by atoms with E-state index in [1.165, 1.54) is 18.2 Å². The first-order chi connectivity index (χ1) is 13.9. The number of fused-ring (bicyclic) bond motifs is 1. The number of hydrogen-bond acceptors (Lipinski definition) is 6. The number of anilines is 1. The van der Waals surface area contributed by atoms with Gasteiger partial charge in [-0.05, 0) is 49.7 Å². The summed E-state index contributed by atoms with van der Waals surface area (Å²) in [6, 6.07) is 7.30. The molecule has 3 aromatic rings. The monoisotopic (exact) mass is 439 g/mol. The molecule has 0 aliphatic carbocycles. The van der Waals surface area contributed by atoms with Gasteiger partial charge >= 0.3 is 57.4 Å². The van der Waals surface area contributed by atoms with Crippen LogP contribution in [0.25, 0.3) is 22.6 Å². The van der Waals surface area contributed by atoms with Crippen LogP contribution in [0.2, 0.25) is 0 Å². The number of urea groups is 1. The number of aryl methyl sites for hydroxylation is 1. The topological polar surface area (TPSA) is 117 Å². The number of nitrogens with one attached hydrogen (secondary N) is 2. The van der Waals surface area contributed by atoms with Gasteiger partial charge in [-0.3, -0.25) is 0 Å². The molecular weight excluding hydrogens is 420 g/mol. The van der Waals surface area contributed by atoms with E-state index in [4.69, 9.17) is 9.15 Å². The largest absolute Gasteiger partial charge is 1.00 e. The molecule has 1 heterocycles. The molecule has 8 nitrogen and oxygen atoms in total. The molecule has 2 N–H and O–H groups in total. The van der Waals surface area contributed by atoms with Crippen LogP contribution in [-0.4, -0.2) is 36.2 Å². The van der Waals surface area contributed by atoms with Crippen molar-refractivity contribution in [1.82, 2.24) is 10.3 Å². The second-order valence-electron chi connectivity index (χ2n) is 6.31. The van der Waals surface area contributed by atoms with Crippen LogP contribution in [0.4, 0.5) is 14.9 Å². The van der Waals surface area contributed by atoms with E-state index in [2.05, 4.69) is 15.6 Å². The first-order valence-corrected chi connectivity index (χ1v) is 8.90. The van der Waals surface area contributed by atoms with Crippen molar-refractivity contribution in [1.29, 1.82) is 0 Å². The van der Waals surface area contributed by atoms with E-state index in [1.807, 2.05) is 19.1 Å². The smallest absolute Gasteiger partial charge is 0.548 e. The number of aromatic nitrogens is 1. The zero-order valence-electron chi connectivity index (χ0n) is 16.8. The predicted molar refractivity (Wildman–Crippen MR) is 102 cm³/mol. The molecule has 2 amide bonds. The van der Waals surface area contributed by atoms with E-state index in [9.17, 15) is 19.1 Å². The minimum absolute atomic E-state index is 0. The second-order valence-corrected chi connectivity index (χ2v) is 6.31. The van der Waals surface area contributed by atoms with E-state index in [1.54, 1.807) is 13.0 Å². The number of carbonyl (C=O) groups excluding carboxylic acids is 2. The van der Waals surface area contributed by atoms with E-state index < -0.39 is 23.9 Å². The van der Waals surface area contributed by atoms with Gasteiger partial charge in [0.25, 0.3) is 0 Å². The maximum absolute atomic E-state index is 14.4. The van der Waals surface area contributed by atoms with Crippen LogP contribution in [0.15, 0.2) is 40.8 Å². The summed E-state index contributed by atoms with van der Waals surface area (Å²) in [5, 5.41) is 15.5. The number of nitrogens with zero attached hydrogens (tertiary/aromatic N) is 1. The third-order valence-electron chi connectivity index (χ3n) is 4.09. The van der Waals surface area contributed by atoms with Gasteiger partial charge in [-0.15, -0.1) is 0 Å². The molecule has 0 bridgehead atoms. The average molecular weight is 439 g/mol. The summed E-state index contributed by atoms with van der Waals surface area (Å²) < 4.78 is 25.1. The number of ether oxygens (including phenoxy) is 1. The Bertz CT molecular complexity index is 1060. The zero-order valence-corrected chi connectivity index (χ0v) is 19.9. The van der Waals surface area contributed by atoms with Crippen LogP contribution in [0, 0.1) is 12.7 Å². The van der Waals surface area contributed by atoms with Gasteiger partial charge in [0.1, 0.15) is 11.3 Å². The van der Waals surface area contributed by atoms with Gasteiger partial charge in [-0.25, -0.2) is 14.2 Å². The minimum Gasteiger partial charge on any atom is -0.548 e. The second kappa shape index (κ2) is 11.0. The number of halogens is 1. The summed E-state index contributed by atoms with van der Waals surface area (Å²) in [5.74, 6) is -1.99. The molecule has 0 saturated carbocycles. The number of carbonyl (C=O) groups is 2. The van der Waals surface area contributed by atoms with Gasteiger partial charge in [0.05, 0.1) is 24.3 Å². The number of oxazole rings is 1. The maximum Gasteiger partial charge on any atom is 1.00 e.